The molecule has 4 nitrogen and oxygen atoms in total. The van der Waals surface area contributed by atoms with Crippen LogP contribution < -0.4 is 5.32 Å². The zero-order valence-electron chi connectivity index (χ0n) is 12.2. The lowest BCUT2D eigenvalue weighted by Gasteiger charge is -2.39. The molecular weight excluding hydrogens is 228 g/mol. The van der Waals surface area contributed by atoms with Crippen LogP contribution in [0.1, 0.15) is 40.5 Å². The lowest BCUT2D eigenvalue weighted by Crippen LogP contribution is -2.52. The van der Waals surface area contributed by atoms with Crippen LogP contribution in [0.25, 0.3) is 0 Å². The van der Waals surface area contributed by atoms with Gasteiger partial charge in [-0.05, 0) is 45.7 Å². The number of ether oxygens (including phenoxy) is 1. The number of nitrogens with zero attached hydrogens (tertiary/aromatic N) is 1. The van der Waals surface area contributed by atoms with Crippen molar-refractivity contribution in [3.63, 3.8) is 0 Å². The Kier molecular flexibility index (Phi) is 6.65. The first-order valence-electron chi connectivity index (χ1n) is 7.24. The molecule has 18 heavy (non-hydrogen) atoms. The summed E-state index contributed by atoms with van der Waals surface area (Å²) < 4.78 is 5.13. The SMILES string of the molecule is CCNC(CN1CCCC(C)C1C)C(=O)OCC. The molecule has 0 saturated carbocycles. The molecule has 1 rings (SSSR count). The van der Waals surface area contributed by atoms with Crippen molar-refractivity contribution in [2.75, 3.05) is 26.2 Å². The molecule has 1 aliphatic rings. The van der Waals surface area contributed by atoms with Crippen molar-refractivity contribution in [3.05, 3.63) is 0 Å². The Labute approximate surface area is 111 Å². The average molecular weight is 256 g/mol. The van der Waals surface area contributed by atoms with E-state index in [2.05, 4.69) is 24.1 Å². The molecule has 1 aliphatic heterocycles. The molecule has 0 bridgehead atoms. The maximum absolute atomic E-state index is 11.9. The molecule has 106 valence electrons. The van der Waals surface area contributed by atoms with E-state index in [1.54, 1.807) is 0 Å². The maximum Gasteiger partial charge on any atom is 0.324 e. The van der Waals surface area contributed by atoms with Crippen LogP contribution in [0.5, 0.6) is 0 Å². The fourth-order valence-corrected chi connectivity index (χ4v) is 2.62. The number of carbonyl (C=O) groups excluding carboxylic acids is 1. The third-order valence-electron chi connectivity index (χ3n) is 3.94. The maximum atomic E-state index is 11.9. The van der Waals surface area contributed by atoms with E-state index in [1.165, 1.54) is 12.8 Å². The standard InChI is InChI=1S/C14H28N2O2/c1-5-15-13(14(17)18-6-2)10-16-9-7-8-11(3)12(16)4/h11-13,15H,5-10H2,1-4H3. The van der Waals surface area contributed by atoms with Gasteiger partial charge in [0.2, 0.25) is 0 Å². The van der Waals surface area contributed by atoms with Crippen LogP contribution in [0, 0.1) is 5.92 Å². The summed E-state index contributed by atoms with van der Waals surface area (Å²) in [5, 5.41) is 3.23. The summed E-state index contributed by atoms with van der Waals surface area (Å²) in [5.41, 5.74) is 0. The molecule has 0 aromatic heterocycles. The number of likely N-dealkylation sites (N-methyl/N-ethyl adjacent to an activating group) is 1. The third kappa shape index (κ3) is 4.25. The summed E-state index contributed by atoms with van der Waals surface area (Å²) in [4.78, 5) is 14.3. The van der Waals surface area contributed by atoms with E-state index in [4.69, 9.17) is 4.74 Å². The molecule has 1 fully saturated rings. The number of piperidine rings is 1. The Bertz CT molecular complexity index is 258. The van der Waals surface area contributed by atoms with Crippen LogP contribution in [0.15, 0.2) is 0 Å². The normalized spacial score (nSPS) is 26.9. The fraction of sp³-hybridized carbons (Fsp3) is 0.929. The Balaban J connectivity index is 2.56. The van der Waals surface area contributed by atoms with Crippen molar-refractivity contribution in [3.8, 4) is 0 Å². The van der Waals surface area contributed by atoms with Gasteiger partial charge in [0.25, 0.3) is 0 Å². The van der Waals surface area contributed by atoms with Crippen molar-refractivity contribution in [2.45, 2.75) is 52.6 Å². The highest BCUT2D eigenvalue weighted by Crippen LogP contribution is 2.22. The molecule has 0 aliphatic carbocycles. The van der Waals surface area contributed by atoms with Crippen LogP contribution in [0.2, 0.25) is 0 Å². The van der Waals surface area contributed by atoms with E-state index in [-0.39, 0.29) is 12.0 Å². The zero-order chi connectivity index (χ0) is 13.5. The van der Waals surface area contributed by atoms with E-state index in [9.17, 15) is 4.79 Å². The highest BCUT2D eigenvalue weighted by molar-refractivity contribution is 5.76. The molecule has 0 radical (unpaired) electrons. The second-order valence-electron chi connectivity index (χ2n) is 5.22. The summed E-state index contributed by atoms with van der Waals surface area (Å²) in [6.07, 6.45) is 2.52. The van der Waals surface area contributed by atoms with Crippen LogP contribution in [-0.4, -0.2) is 49.2 Å². The number of rotatable bonds is 6. The molecule has 3 unspecified atom stereocenters. The number of hydrogen-bond acceptors (Lipinski definition) is 4. The minimum absolute atomic E-state index is 0.121. The molecule has 0 amide bonds. The second kappa shape index (κ2) is 7.74. The monoisotopic (exact) mass is 256 g/mol. The zero-order valence-corrected chi connectivity index (χ0v) is 12.2. The Morgan fingerprint density at radius 3 is 2.78 bits per heavy atom. The van der Waals surface area contributed by atoms with E-state index in [0.717, 1.165) is 19.6 Å². The number of likely N-dealkylation sites (tertiary alicyclic amines) is 1. The Morgan fingerprint density at radius 1 is 1.44 bits per heavy atom. The highest BCUT2D eigenvalue weighted by Gasteiger charge is 2.29. The first-order valence-corrected chi connectivity index (χ1v) is 7.24. The van der Waals surface area contributed by atoms with Crippen LogP contribution >= 0.6 is 0 Å². The minimum atomic E-state index is -0.192. The van der Waals surface area contributed by atoms with Crippen LogP contribution in [0.4, 0.5) is 0 Å². The number of esters is 1. The van der Waals surface area contributed by atoms with Gasteiger partial charge < -0.3 is 10.1 Å². The predicted octanol–water partition coefficient (Wildman–Crippen LogP) is 1.65. The topological polar surface area (TPSA) is 41.6 Å². The first-order chi connectivity index (χ1) is 8.60. The van der Waals surface area contributed by atoms with Gasteiger partial charge in [-0.15, -0.1) is 0 Å². The number of nitrogens with one attached hydrogen (secondary N) is 1. The van der Waals surface area contributed by atoms with E-state index in [1.807, 2.05) is 13.8 Å². The third-order valence-corrected chi connectivity index (χ3v) is 3.94. The number of carbonyl (C=O) groups is 1. The minimum Gasteiger partial charge on any atom is -0.465 e. The van der Waals surface area contributed by atoms with Crippen LogP contribution in [-0.2, 0) is 9.53 Å². The largest absolute Gasteiger partial charge is 0.465 e. The first kappa shape index (κ1) is 15.4. The van der Waals surface area contributed by atoms with E-state index >= 15 is 0 Å². The number of hydrogen-bond donors (Lipinski definition) is 1. The van der Waals surface area contributed by atoms with Gasteiger partial charge in [0.1, 0.15) is 6.04 Å². The molecule has 0 spiro atoms. The van der Waals surface area contributed by atoms with Gasteiger partial charge in [0.05, 0.1) is 6.61 Å². The van der Waals surface area contributed by atoms with Gasteiger partial charge in [-0.2, -0.15) is 0 Å². The van der Waals surface area contributed by atoms with Crippen molar-refractivity contribution in [1.82, 2.24) is 10.2 Å². The summed E-state index contributed by atoms with van der Waals surface area (Å²) in [6.45, 7) is 11.5. The van der Waals surface area contributed by atoms with Crippen molar-refractivity contribution in [1.29, 1.82) is 0 Å². The van der Waals surface area contributed by atoms with Crippen molar-refractivity contribution >= 4 is 5.97 Å². The summed E-state index contributed by atoms with van der Waals surface area (Å²) in [6, 6.07) is 0.358. The molecule has 3 atom stereocenters. The molecular formula is C14H28N2O2. The highest BCUT2D eigenvalue weighted by atomic mass is 16.5. The quantitative estimate of drug-likeness (QED) is 0.734. The predicted molar refractivity (Wildman–Crippen MR) is 73.5 cm³/mol. The fourth-order valence-electron chi connectivity index (χ4n) is 2.62. The van der Waals surface area contributed by atoms with Gasteiger partial charge in [0.15, 0.2) is 0 Å². The summed E-state index contributed by atoms with van der Waals surface area (Å²) >= 11 is 0. The van der Waals surface area contributed by atoms with Crippen molar-refractivity contribution in [2.24, 2.45) is 5.92 Å². The smallest absolute Gasteiger partial charge is 0.324 e. The lowest BCUT2D eigenvalue weighted by molar-refractivity contribution is -0.146. The van der Waals surface area contributed by atoms with Crippen molar-refractivity contribution < 1.29 is 9.53 Å². The van der Waals surface area contributed by atoms with Gasteiger partial charge in [-0.1, -0.05) is 13.8 Å². The average Bonchev–Trinajstić information content (AvgIpc) is 2.34. The van der Waals surface area contributed by atoms with Gasteiger partial charge in [0, 0.05) is 12.6 Å². The van der Waals surface area contributed by atoms with Crippen LogP contribution in [0.3, 0.4) is 0 Å². The molecule has 0 aromatic carbocycles. The molecule has 1 heterocycles. The lowest BCUT2D eigenvalue weighted by atomic mass is 9.92. The van der Waals surface area contributed by atoms with Gasteiger partial charge in [-0.3, -0.25) is 9.69 Å². The summed E-state index contributed by atoms with van der Waals surface area (Å²) in [7, 11) is 0. The Hall–Kier alpha value is -0.610. The molecule has 1 saturated heterocycles. The van der Waals surface area contributed by atoms with Gasteiger partial charge in [-0.25, -0.2) is 0 Å². The molecule has 0 aromatic rings. The Morgan fingerprint density at radius 2 is 2.17 bits per heavy atom. The second-order valence-corrected chi connectivity index (χ2v) is 5.22. The molecule has 1 N–H and O–H groups in total. The van der Waals surface area contributed by atoms with Gasteiger partial charge >= 0.3 is 5.97 Å². The van der Waals surface area contributed by atoms with E-state index < -0.39 is 0 Å². The molecule has 4 heteroatoms. The summed E-state index contributed by atoms with van der Waals surface area (Å²) in [5.74, 6) is 0.591. The van der Waals surface area contributed by atoms with E-state index in [0.29, 0.717) is 18.6 Å².